The molecule has 0 aliphatic rings. The molecule has 0 spiro atoms. The Bertz CT molecular complexity index is 1600. The first-order valence-electron chi connectivity index (χ1n) is 10.8. The molecule has 150 valence electrons. The summed E-state index contributed by atoms with van der Waals surface area (Å²) < 4.78 is 1.34. The summed E-state index contributed by atoms with van der Waals surface area (Å²) in [6, 6.07) is 31.6. The van der Waals surface area contributed by atoms with Crippen molar-refractivity contribution in [3.8, 4) is 11.1 Å². The Hall–Kier alpha value is -2.65. The molecule has 6 aromatic carbocycles. The predicted octanol–water partition coefficient (Wildman–Crippen LogP) is 9.31. The van der Waals surface area contributed by atoms with Crippen LogP contribution in [0.4, 0.5) is 0 Å². The fourth-order valence-corrected chi connectivity index (χ4v) is 6.04. The van der Waals surface area contributed by atoms with E-state index in [9.17, 15) is 0 Å². The molecule has 0 aromatic heterocycles. The molecule has 6 rings (SSSR count). The maximum absolute atomic E-state index is 2.59. The topological polar surface area (TPSA) is 0 Å². The number of benzene rings is 6. The largest absolute Gasteiger partial charge is 0.0622 e. The third-order valence-electron chi connectivity index (χ3n) is 6.59. The Labute approximate surface area is 196 Å². The van der Waals surface area contributed by atoms with Crippen molar-refractivity contribution in [2.75, 3.05) is 0 Å². The summed E-state index contributed by atoms with van der Waals surface area (Å²) in [5, 5.41) is 10.8. The van der Waals surface area contributed by atoms with E-state index in [1.165, 1.54) is 63.4 Å². The second-order valence-electron chi connectivity index (χ2n) is 9.56. The van der Waals surface area contributed by atoms with Gasteiger partial charge in [-0.1, -0.05) is 93.6 Å². The van der Waals surface area contributed by atoms with Gasteiger partial charge in [0.25, 0.3) is 0 Å². The van der Waals surface area contributed by atoms with Crippen LogP contribution >= 0.6 is 22.6 Å². The van der Waals surface area contributed by atoms with Gasteiger partial charge in [-0.15, -0.1) is 0 Å². The SMILES string of the molecule is CC(C)(C)c1cc2ccc3c4ccccc4cc4c(-c5ccccc5)c(I)c(c1)c2c43. The third-order valence-corrected chi connectivity index (χ3v) is 7.71. The first-order chi connectivity index (χ1) is 14.9. The van der Waals surface area contributed by atoms with Crippen LogP contribution < -0.4 is 0 Å². The molecule has 0 aliphatic heterocycles. The molecule has 0 atom stereocenters. The van der Waals surface area contributed by atoms with E-state index < -0.39 is 0 Å². The highest BCUT2D eigenvalue weighted by Gasteiger charge is 2.22. The van der Waals surface area contributed by atoms with Gasteiger partial charge in [0, 0.05) is 9.13 Å². The van der Waals surface area contributed by atoms with E-state index in [1.807, 2.05) is 0 Å². The van der Waals surface area contributed by atoms with Gasteiger partial charge in [0.1, 0.15) is 0 Å². The first kappa shape index (κ1) is 19.1. The molecule has 0 radical (unpaired) electrons. The molecule has 6 aromatic rings. The molecule has 0 amide bonds. The van der Waals surface area contributed by atoms with Gasteiger partial charge in [0.15, 0.2) is 0 Å². The molecule has 31 heavy (non-hydrogen) atoms. The minimum absolute atomic E-state index is 0.104. The van der Waals surface area contributed by atoms with E-state index in [4.69, 9.17) is 0 Å². The van der Waals surface area contributed by atoms with Crippen molar-refractivity contribution in [2.24, 2.45) is 0 Å². The smallest absolute Gasteiger partial charge is 0.0294 e. The van der Waals surface area contributed by atoms with Crippen molar-refractivity contribution in [1.29, 1.82) is 0 Å². The van der Waals surface area contributed by atoms with Crippen LogP contribution in [0, 0.1) is 3.57 Å². The fourth-order valence-electron chi connectivity index (χ4n) is 5.01. The zero-order valence-corrected chi connectivity index (χ0v) is 20.1. The van der Waals surface area contributed by atoms with E-state index in [2.05, 4.69) is 128 Å². The van der Waals surface area contributed by atoms with Crippen LogP contribution in [0.2, 0.25) is 0 Å². The summed E-state index contributed by atoms with van der Waals surface area (Å²) in [6.45, 7) is 6.91. The standard InChI is InChI=1S/C30H23I/c1-30(2,3)21-15-20-13-14-23-22-12-8-7-11-19(22)16-24-27(18-9-5-4-6-10-18)29(31)25(17-21)26(20)28(23)24/h4-17H,1-3H3. The number of hydrogen-bond acceptors (Lipinski definition) is 0. The maximum Gasteiger partial charge on any atom is 0.0294 e. The highest BCUT2D eigenvalue weighted by Crippen LogP contribution is 2.47. The lowest BCUT2D eigenvalue weighted by molar-refractivity contribution is 0.591. The minimum Gasteiger partial charge on any atom is -0.0622 e. The van der Waals surface area contributed by atoms with Crippen LogP contribution in [-0.4, -0.2) is 0 Å². The Balaban J connectivity index is 1.93. The summed E-state index contributed by atoms with van der Waals surface area (Å²) >= 11 is 2.59. The van der Waals surface area contributed by atoms with Gasteiger partial charge in [-0.2, -0.15) is 0 Å². The van der Waals surface area contributed by atoms with Gasteiger partial charge in [0.05, 0.1) is 0 Å². The molecule has 0 N–H and O–H groups in total. The van der Waals surface area contributed by atoms with Crippen LogP contribution in [0.3, 0.4) is 0 Å². The minimum atomic E-state index is 0.104. The normalized spacial score (nSPS) is 12.5. The lowest BCUT2D eigenvalue weighted by Crippen LogP contribution is -2.11. The van der Waals surface area contributed by atoms with Crippen LogP contribution in [0.25, 0.3) is 54.2 Å². The Kier molecular flexibility index (Phi) is 4.10. The van der Waals surface area contributed by atoms with Crippen molar-refractivity contribution in [1.82, 2.24) is 0 Å². The highest BCUT2D eigenvalue weighted by molar-refractivity contribution is 14.1. The van der Waals surface area contributed by atoms with Gasteiger partial charge in [-0.25, -0.2) is 0 Å². The molecular weight excluding hydrogens is 487 g/mol. The van der Waals surface area contributed by atoms with Crippen LogP contribution in [0.5, 0.6) is 0 Å². The van der Waals surface area contributed by atoms with Crippen LogP contribution in [0.1, 0.15) is 26.3 Å². The molecule has 0 aliphatic carbocycles. The molecule has 1 heteroatoms. The van der Waals surface area contributed by atoms with E-state index in [1.54, 1.807) is 0 Å². The molecule has 0 unspecified atom stereocenters. The summed E-state index contributed by atoms with van der Waals surface area (Å²) in [5.74, 6) is 0. The van der Waals surface area contributed by atoms with E-state index >= 15 is 0 Å². The van der Waals surface area contributed by atoms with Gasteiger partial charge in [0.2, 0.25) is 0 Å². The van der Waals surface area contributed by atoms with Gasteiger partial charge >= 0.3 is 0 Å². The number of halogens is 1. The molecule has 0 nitrogen and oxygen atoms in total. The van der Waals surface area contributed by atoms with Gasteiger partial charge in [-0.05, 0) is 94.4 Å². The van der Waals surface area contributed by atoms with Crippen molar-refractivity contribution in [3.63, 3.8) is 0 Å². The summed E-state index contributed by atoms with van der Waals surface area (Å²) in [7, 11) is 0. The van der Waals surface area contributed by atoms with Gasteiger partial charge < -0.3 is 0 Å². The second kappa shape index (κ2) is 6.67. The fraction of sp³-hybridized carbons (Fsp3) is 0.133. The maximum atomic E-state index is 2.59. The lowest BCUT2D eigenvalue weighted by Gasteiger charge is -2.24. The molecule has 0 fully saturated rings. The number of fused-ring (bicyclic) bond motifs is 2. The molecule has 0 bridgehead atoms. The zero-order chi connectivity index (χ0) is 21.3. The van der Waals surface area contributed by atoms with E-state index in [0.29, 0.717) is 0 Å². The highest BCUT2D eigenvalue weighted by atomic mass is 127. The van der Waals surface area contributed by atoms with Crippen LogP contribution in [-0.2, 0) is 5.41 Å². The molecule has 0 saturated heterocycles. The monoisotopic (exact) mass is 510 g/mol. The zero-order valence-electron chi connectivity index (χ0n) is 18.0. The van der Waals surface area contributed by atoms with Crippen molar-refractivity contribution >= 4 is 65.7 Å². The van der Waals surface area contributed by atoms with Crippen molar-refractivity contribution in [2.45, 2.75) is 26.2 Å². The van der Waals surface area contributed by atoms with E-state index in [0.717, 1.165) is 0 Å². The molecular formula is C30H23I. The average Bonchev–Trinajstić information content (AvgIpc) is 2.77. The lowest BCUT2D eigenvalue weighted by atomic mass is 9.81. The van der Waals surface area contributed by atoms with Crippen molar-refractivity contribution in [3.05, 3.63) is 94.1 Å². The summed E-state index contributed by atoms with van der Waals surface area (Å²) in [6.07, 6.45) is 0. The quantitative estimate of drug-likeness (QED) is 0.117. The molecule has 0 saturated carbocycles. The second-order valence-corrected chi connectivity index (χ2v) is 10.6. The number of hydrogen-bond donors (Lipinski definition) is 0. The number of rotatable bonds is 1. The first-order valence-corrected chi connectivity index (χ1v) is 11.9. The van der Waals surface area contributed by atoms with Crippen LogP contribution in [0.15, 0.2) is 84.9 Å². The van der Waals surface area contributed by atoms with Crippen molar-refractivity contribution < 1.29 is 0 Å². The Morgan fingerprint density at radius 1 is 0.581 bits per heavy atom. The predicted molar refractivity (Wildman–Crippen MR) is 145 cm³/mol. The van der Waals surface area contributed by atoms with E-state index in [-0.39, 0.29) is 5.41 Å². The van der Waals surface area contributed by atoms with Gasteiger partial charge in [-0.3, -0.25) is 0 Å². The third kappa shape index (κ3) is 2.79. The Morgan fingerprint density at radius 2 is 1.32 bits per heavy atom. The molecule has 0 heterocycles. The summed E-state index contributed by atoms with van der Waals surface area (Å²) in [4.78, 5) is 0. The summed E-state index contributed by atoms with van der Waals surface area (Å²) in [5.41, 5.74) is 4.13. The average molecular weight is 510 g/mol. The Morgan fingerprint density at radius 3 is 2.10 bits per heavy atom.